The minimum Gasteiger partial charge on any atom is -0.462 e. The highest BCUT2D eigenvalue weighted by Gasteiger charge is 2.43. The van der Waals surface area contributed by atoms with E-state index >= 15 is 0 Å². The summed E-state index contributed by atoms with van der Waals surface area (Å²) in [6, 6.07) is 0. The molecule has 0 aromatic rings. The maximum absolute atomic E-state index is 11.2. The first kappa shape index (κ1) is 8.09. The molecule has 2 aliphatic rings. The van der Waals surface area contributed by atoms with E-state index in [9.17, 15) is 4.79 Å². The van der Waals surface area contributed by atoms with Crippen molar-refractivity contribution in [1.82, 2.24) is 0 Å². The molecule has 0 amide bonds. The van der Waals surface area contributed by atoms with Crippen LogP contribution in [0.25, 0.3) is 0 Å². The second kappa shape index (κ2) is 2.75. The van der Waals surface area contributed by atoms with Crippen molar-refractivity contribution in [3.63, 3.8) is 0 Å². The zero-order chi connectivity index (χ0) is 8.72. The van der Waals surface area contributed by atoms with Gasteiger partial charge in [0.05, 0.1) is 5.92 Å². The van der Waals surface area contributed by atoms with Gasteiger partial charge >= 0.3 is 5.97 Å². The number of ether oxygens (including phenoxy) is 1. The molecule has 0 aromatic heterocycles. The summed E-state index contributed by atoms with van der Waals surface area (Å²) in [6.45, 7) is 4.25. The molecular formula is C10H16O2. The first-order chi connectivity index (χ1) is 5.68. The summed E-state index contributed by atoms with van der Waals surface area (Å²) in [5.74, 6) is 1.44. The molecule has 2 fully saturated rings. The normalized spacial score (nSPS) is 47.0. The molecule has 0 unspecified atom stereocenters. The van der Waals surface area contributed by atoms with Gasteiger partial charge in [-0.05, 0) is 18.8 Å². The van der Waals surface area contributed by atoms with Gasteiger partial charge in [0.2, 0.25) is 0 Å². The van der Waals surface area contributed by atoms with Crippen molar-refractivity contribution in [1.29, 1.82) is 0 Å². The van der Waals surface area contributed by atoms with Crippen molar-refractivity contribution >= 4 is 5.97 Å². The topological polar surface area (TPSA) is 26.3 Å². The predicted octanol–water partition coefficient (Wildman–Crippen LogP) is 1.98. The van der Waals surface area contributed by atoms with Crippen LogP contribution in [-0.2, 0) is 9.53 Å². The fourth-order valence-corrected chi connectivity index (χ4v) is 2.49. The number of fused-ring (bicyclic) bond motifs is 1. The summed E-state index contributed by atoms with van der Waals surface area (Å²) in [7, 11) is 0. The van der Waals surface area contributed by atoms with Gasteiger partial charge in [-0.1, -0.05) is 20.3 Å². The molecule has 2 heteroatoms. The minimum atomic E-state index is 0.0269. The van der Waals surface area contributed by atoms with E-state index in [1.165, 1.54) is 12.8 Å². The molecule has 1 heterocycles. The van der Waals surface area contributed by atoms with Crippen molar-refractivity contribution in [3.05, 3.63) is 0 Å². The van der Waals surface area contributed by atoms with E-state index in [2.05, 4.69) is 6.92 Å². The fraction of sp³-hybridized carbons (Fsp3) is 0.900. The minimum absolute atomic E-state index is 0.0269. The van der Waals surface area contributed by atoms with E-state index in [1.54, 1.807) is 0 Å². The quantitative estimate of drug-likeness (QED) is 0.517. The van der Waals surface area contributed by atoms with Gasteiger partial charge in [-0.25, -0.2) is 0 Å². The lowest BCUT2D eigenvalue weighted by Gasteiger charge is -2.28. The number of rotatable bonds is 0. The Hall–Kier alpha value is -0.530. The van der Waals surface area contributed by atoms with E-state index in [0.717, 1.165) is 12.3 Å². The number of hydrogen-bond donors (Lipinski definition) is 0. The summed E-state index contributed by atoms with van der Waals surface area (Å²) in [6.07, 6.45) is 3.78. The van der Waals surface area contributed by atoms with Crippen LogP contribution >= 0.6 is 0 Å². The molecule has 1 aliphatic heterocycles. The standard InChI is InChI=1S/C10H16O2/c1-6-3-4-8-7(2)10(11)12-9(8)5-6/h6-9H,3-5H2,1-2H3/t6-,7-,8-,9+/m1/s1. The third-order valence-electron chi connectivity index (χ3n) is 3.39. The maximum Gasteiger partial charge on any atom is 0.309 e. The lowest BCUT2D eigenvalue weighted by atomic mass is 9.77. The van der Waals surface area contributed by atoms with E-state index in [-0.39, 0.29) is 18.0 Å². The number of carbonyl (C=O) groups excluding carboxylic acids is 1. The van der Waals surface area contributed by atoms with Crippen LogP contribution in [0.15, 0.2) is 0 Å². The van der Waals surface area contributed by atoms with Gasteiger partial charge in [0.25, 0.3) is 0 Å². The van der Waals surface area contributed by atoms with Crippen LogP contribution in [0.5, 0.6) is 0 Å². The molecule has 1 aliphatic carbocycles. The third-order valence-corrected chi connectivity index (χ3v) is 3.39. The lowest BCUT2D eigenvalue weighted by Crippen LogP contribution is -2.27. The molecule has 0 radical (unpaired) electrons. The van der Waals surface area contributed by atoms with Gasteiger partial charge < -0.3 is 4.74 Å². The first-order valence-corrected chi connectivity index (χ1v) is 4.89. The van der Waals surface area contributed by atoms with Crippen molar-refractivity contribution in [3.8, 4) is 0 Å². The molecule has 2 nitrogen and oxygen atoms in total. The Balaban J connectivity index is 2.09. The smallest absolute Gasteiger partial charge is 0.309 e. The molecular weight excluding hydrogens is 152 g/mol. The molecule has 68 valence electrons. The van der Waals surface area contributed by atoms with Gasteiger partial charge in [0.15, 0.2) is 0 Å². The Morgan fingerprint density at radius 3 is 2.83 bits per heavy atom. The largest absolute Gasteiger partial charge is 0.462 e. The number of carbonyl (C=O) groups is 1. The van der Waals surface area contributed by atoms with Gasteiger partial charge in [-0.15, -0.1) is 0 Å². The highest BCUT2D eigenvalue weighted by molar-refractivity contribution is 5.74. The Kier molecular flexibility index (Phi) is 1.85. The fourth-order valence-electron chi connectivity index (χ4n) is 2.49. The summed E-state index contributed by atoms with van der Waals surface area (Å²) < 4.78 is 5.31. The highest BCUT2D eigenvalue weighted by Crippen LogP contribution is 2.40. The third kappa shape index (κ3) is 1.13. The van der Waals surface area contributed by atoms with Crippen LogP contribution in [0.1, 0.15) is 33.1 Å². The van der Waals surface area contributed by atoms with Crippen molar-refractivity contribution in [2.75, 3.05) is 0 Å². The van der Waals surface area contributed by atoms with Crippen LogP contribution in [0.2, 0.25) is 0 Å². The Bertz CT molecular complexity index is 200. The second-order valence-corrected chi connectivity index (χ2v) is 4.35. The van der Waals surface area contributed by atoms with Gasteiger partial charge in [-0.3, -0.25) is 4.79 Å². The zero-order valence-corrected chi connectivity index (χ0v) is 7.75. The van der Waals surface area contributed by atoms with Crippen LogP contribution in [0, 0.1) is 17.8 Å². The van der Waals surface area contributed by atoms with Crippen LogP contribution < -0.4 is 0 Å². The molecule has 0 bridgehead atoms. The van der Waals surface area contributed by atoms with E-state index in [1.807, 2.05) is 6.92 Å². The highest BCUT2D eigenvalue weighted by atomic mass is 16.6. The molecule has 0 aromatic carbocycles. The van der Waals surface area contributed by atoms with Crippen LogP contribution in [0.3, 0.4) is 0 Å². The predicted molar refractivity (Wildman–Crippen MR) is 45.5 cm³/mol. The van der Waals surface area contributed by atoms with E-state index < -0.39 is 0 Å². The van der Waals surface area contributed by atoms with Crippen LogP contribution in [-0.4, -0.2) is 12.1 Å². The number of esters is 1. The summed E-state index contributed by atoms with van der Waals surface area (Å²) in [5.41, 5.74) is 0. The average molecular weight is 168 g/mol. The van der Waals surface area contributed by atoms with Crippen molar-refractivity contribution < 1.29 is 9.53 Å². The molecule has 2 rings (SSSR count). The summed E-state index contributed by atoms with van der Waals surface area (Å²) in [5, 5.41) is 0. The Labute approximate surface area is 73.3 Å². The SMILES string of the molecule is C[C@@H]1CC[C@H]2[C@H](C1)OC(=O)[C@@H]2C. The zero-order valence-electron chi connectivity index (χ0n) is 7.75. The molecule has 1 saturated heterocycles. The molecule has 12 heavy (non-hydrogen) atoms. The van der Waals surface area contributed by atoms with Gasteiger partial charge in [0.1, 0.15) is 6.10 Å². The molecule has 1 saturated carbocycles. The van der Waals surface area contributed by atoms with E-state index in [0.29, 0.717) is 5.92 Å². The average Bonchev–Trinajstić information content (AvgIpc) is 2.28. The lowest BCUT2D eigenvalue weighted by molar-refractivity contribution is -0.144. The maximum atomic E-state index is 11.2. The Morgan fingerprint density at radius 2 is 2.08 bits per heavy atom. The monoisotopic (exact) mass is 168 g/mol. The van der Waals surface area contributed by atoms with Crippen molar-refractivity contribution in [2.45, 2.75) is 39.2 Å². The van der Waals surface area contributed by atoms with E-state index in [4.69, 9.17) is 4.74 Å². The Morgan fingerprint density at radius 1 is 1.33 bits per heavy atom. The summed E-state index contributed by atoms with van der Waals surface area (Å²) in [4.78, 5) is 11.2. The van der Waals surface area contributed by atoms with Gasteiger partial charge in [0, 0.05) is 5.92 Å². The first-order valence-electron chi connectivity index (χ1n) is 4.89. The molecule has 4 atom stereocenters. The molecule has 0 N–H and O–H groups in total. The molecule has 0 spiro atoms. The van der Waals surface area contributed by atoms with Crippen LogP contribution in [0.4, 0.5) is 0 Å². The number of hydrogen-bond acceptors (Lipinski definition) is 2. The van der Waals surface area contributed by atoms with Gasteiger partial charge in [-0.2, -0.15) is 0 Å². The second-order valence-electron chi connectivity index (χ2n) is 4.35. The van der Waals surface area contributed by atoms with Crippen molar-refractivity contribution in [2.24, 2.45) is 17.8 Å². The summed E-state index contributed by atoms with van der Waals surface area (Å²) >= 11 is 0.